The van der Waals surface area contributed by atoms with E-state index in [9.17, 15) is 15.0 Å². The van der Waals surface area contributed by atoms with E-state index in [-0.39, 0.29) is 29.7 Å². The Morgan fingerprint density at radius 1 is 1.32 bits per heavy atom. The summed E-state index contributed by atoms with van der Waals surface area (Å²) in [6.45, 7) is 4.03. The number of phenolic OH excluding ortho intramolecular Hbond substituents is 2. The van der Waals surface area contributed by atoms with Crippen LogP contribution in [0.3, 0.4) is 0 Å². The Morgan fingerprint density at radius 3 is 2.63 bits per heavy atom. The molecule has 6 heteroatoms. The van der Waals surface area contributed by atoms with Gasteiger partial charge in [0.1, 0.15) is 6.54 Å². The number of benzene rings is 1. The van der Waals surface area contributed by atoms with Gasteiger partial charge in [-0.2, -0.15) is 0 Å². The Labute approximate surface area is 110 Å². The van der Waals surface area contributed by atoms with Crippen molar-refractivity contribution in [3.05, 3.63) is 35.7 Å². The van der Waals surface area contributed by atoms with E-state index in [1.54, 1.807) is 6.20 Å². The molecule has 0 fully saturated rings. The molecule has 1 aromatic carbocycles. The minimum Gasteiger partial charge on any atom is -0.504 e. The summed E-state index contributed by atoms with van der Waals surface area (Å²) in [4.78, 5) is 12.0. The van der Waals surface area contributed by atoms with Crippen LogP contribution in [0, 0.1) is 0 Å². The summed E-state index contributed by atoms with van der Waals surface area (Å²) in [5, 5.41) is 26.4. The van der Waals surface area contributed by atoms with E-state index in [1.165, 1.54) is 22.9 Å². The number of carbonyl (C=O) groups excluding carboxylic acids is 1. The van der Waals surface area contributed by atoms with Gasteiger partial charge < -0.3 is 10.2 Å². The van der Waals surface area contributed by atoms with Gasteiger partial charge in [-0.1, -0.05) is 19.1 Å². The molecule has 0 aliphatic rings. The van der Waals surface area contributed by atoms with Crippen molar-refractivity contribution in [3.63, 3.8) is 0 Å². The van der Waals surface area contributed by atoms with Crippen LogP contribution < -0.4 is 0 Å². The first-order chi connectivity index (χ1) is 8.97. The number of Topliss-reactive ketones (excluding diaryl/α,β-unsaturated/α-hetero) is 1. The Morgan fingerprint density at radius 2 is 2.05 bits per heavy atom. The van der Waals surface area contributed by atoms with Crippen molar-refractivity contribution < 1.29 is 15.0 Å². The molecule has 0 aliphatic carbocycles. The quantitative estimate of drug-likeness (QED) is 0.646. The number of carbonyl (C=O) groups is 1. The summed E-state index contributed by atoms with van der Waals surface area (Å²) < 4.78 is 1.46. The molecule has 0 aliphatic heterocycles. The van der Waals surface area contributed by atoms with Gasteiger partial charge in [0.15, 0.2) is 17.3 Å². The predicted octanol–water partition coefficient (Wildman–Crippen LogP) is 1.70. The van der Waals surface area contributed by atoms with Crippen molar-refractivity contribution in [1.82, 2.24) is 15.0 Å². The lowest BCUT2D eigenvalue weighted by Crippen LogP contribution is -2.11. The Bertz CT molecular complexity index is 605. The summed E-state index contributed by atoms with van der Waals surface area (Å²) in [5.41, 5.74) is 1.14. The second-order valence-electron chi connectivity index (χ2n) is 4.62. The normalized spacial score (nSPS) is 10.9. The fourth-order valence-corrected chi connectivity index (χ4v) is 1.59. The zero-order valence-corrected chi connectivity index (χ0v) is 10.7. The fourth-order valence-electron chi connectivity index (χ4n) is 1.59. The van der Waals surface area contributed by atoms with E-state index < -0.39 is 0 Å². The minimum atomic E-state index is -0.313. The minimum absolute atomic E-state index is 0.0456. The molecule has 2 N–H and O–H groups in total. The van der Waals surface area contributed by atoms with Crippen LogP contribution in [-0.4, -0.2) is 31.0 Å². The van der Waals surface area contributed by atoms with Crippen molar-refractivity contribution in [2.24, 2.45) is 0 Å². The molecule has 0 radical (unpaired) electrons. The zero-order chi connectivity index (χ0) is 14.0. The van der Waals surface area contributed by atoms with Gasteiger partial charge >= 0.3 is 0 Å². The third kappa shape index (κ3) is 2.90. The molecular formula is C13H15N3O3. The lowest BCUT2D eigenvalue weighted by molar-refractivity contribution is 0.0966. The van der Waals surface area contributed by atoms with Crippen LogP contribution in [0.1, 0.15) is 35.8 Å². The van der Waals surface area contributed by atoms with Crippen LogP contribution in [0.25, 0.3) is 0 Å². The van der Waals surface area contributed by atoms with Gasteiger partial charge in [-0.15, -0.1) is 5.10 Å². The van der Waals surface area contributed by atoms with Gasteiger partial charge in [-0.25, -0.2) is 4.68 Å². The standard InChI is InChI=1S/C13H15N3O3/c1-8(2)10-6-16(15-14-10)7-13(19)9-3-4-11(17)12(18)5-9/h3-6,8,17-18H,7H2,1-2H3. The van der Waals surface area contributed by atoms with E-state index in [4.69, 9.17) is 0 Å². The van der Waals surface area contributed by atoms with Gasteiger partial charge in [-0.3, -0.25) is 4.79 Å². The van der Waals surface area contributed by atoms with Crippen LogP contribution in [-0.2, 0) is 6.54 Å². The number of ketones is 1. The maximum atomic E-state index is 12.0. The molecule has 0 amide bonds. The van der Waals surface area contributed by atoms with Crippen molar-refractivity contribution in [2.45, 2.75) is 26.3 Å². The van der Waals surface area contributed by atoms with Gasteiger partial charge in [0.25, 0.3) is 0 Å². The van der Waals surface area contributed by atoms with Crippen LogP contribution >= 0.6 is 0 Å². The number of nitrogens with zero attached hydrogens (tertiary/aromatic N) is 3. The fraction of sp³-hybridized carbons (Fsp3) is 0.308. The second kappa shape index (κ2) is 5.09. The van der Waals surface area contributed by atoms with Crippen LogP contribution in [0.4, 0.5) is 0 Å². The lowest BCUT2D eigenvalue weighted by Gasteiger charge is -2.03. The number of hydrogen-bond donors (Lipinski definition) is 2. The summed E-state index contributed by atoms with van der Waals surface area (Å²) in [6, 6.07) is 3.97. The van der Waals surface area contributed by atoms with Gasteiger partial charge in [0, 0.05) is 11.8 Å². The molecule has 0 atom stereocenters. The Hall–Kier alpha value is -2.37. The third-order valence-electron chi connectivity index (χ3n) is 2.75. The number of aromatic hydroxyl groups is 2. The molecule has 19 heavy (non-hydrogen) atoms. The van der Waals surface area contributed by atoms with E-state index in [2.05, 4.69) is 10.3 Å². The molecular weight excluding hydrogens is 246 g/mol. The van der Waals surface area contributed by atoms with Gasteiger partial charge in [0.2, 0.25) is 0 Å². The first-order valence-corrected chi connectivity index (χ1v) is 5.92. The molecule has 6 nitrogen and oxygen atoms in total. The maximum Gasteiger partial charge on any atom is 0.184 e. The SMILES string of the molecule is CC(C)c1cn(CC(=O)c2ccc(O)c(O)c2)nn1. The lowest BCUT2D eigenvalue weighted by atomic mass is 10.1. The third-order valence-corrected chi connectivity index (χ3v) is 2.75. The molecule has 2 rings (SSSR count). The van der Waals surface area contributed by atoms with Crippen molar-refractivity contribution >= 4 is 5.78 Å². The molecule has 0 bridgehead atoms. The van der Waals surface area contributed by atoms with E-state index in [0.29, 0.717) is 5.56 Å². The van der Waals surface area contributed by atoms with Crippen LogP contribution in [0.15, 0.2) is 24.4 Å². The van der Waals surface area contributed by atoms with E-state index >= 15 is 0 Å². The average Bonchev–Trinajstić information content (AvgIpc) is 2.81. The summed E-state index contributed by atoms with van der Waals surface area (Å²) in [7, 11) is 0. The van der Waals surface area contributed by atoms with Gasteiger partial charge in [-0.05, 0) is 24.1 Å². The summed E-state index contributed by atoms with van der Waals surface area (Å²) >= 11 is 0. The Kier molecular flexibility index (Phi) is 3.50. The molecule has 2 aromatic rings. The highest BCUT2D eigenvalue weighted by Gasteiger charge is 2.12. The molecule has 0 spiro atoms. The maximum absolute atomic E-state index is 12.0. The number of aromatic nitrogens is 3. The van der Waals surface area contributed by atoms with E-state index in [0.717, 1.165) is 5.69 Å². The van der Waals surface area contributed by atoms with Gasteiger partial charge in [0.05, 0.1) is 5.69 Å². The smallest absolute Gasteiger partial charge is 0.184 e. The molecule has 1 heterocycles. The molecule has 1 aromatic heterocycles. The summed E-state index contributed by atoms with van der Waals surface area (Å²) in [5.74, 6) is -0.524. The molecule has 0 saturated carbocycles. The largest absolute Gasteiger partial charge is 0.504 e. The molecule has 0 saturated heterocycles. The van der Waals surface area contributed by atoms with Crippen LogP contribution in [0.2, 0.25) is 0 Å². The average molecular weight is 261 g/mol. The zero-order valence-electron chi connectivity index (χ0n) is 10.7. The van der Waals surface area contributed by atoms with E-state index in [1.807, 2.05) is 13.8 Å². The molecule has 100 valence electrons. The number of rotatable bonds is 4. The topological polar surface area (TPSA) is 88.2 Å². The monoisotopic (exact) mass is 261 g/mol. The highest BCUT2D eigenvalue weighted by Crippen LogP contribution is 2.25. The molecule has 0 unspecified atom stereocenters. The van der Waals surface area contributed by atoms with Crippen LogP contribution in [0.5, 0.6) is 11.5 Å². The Balaban J connectivity index is 2.13. The first kappa shape index (κ1) is 13.1. The summed E-state index contributed by atoms with van der Waals surface area (Å²) in [6.07, 6.45) is 1.73. The van der Waals surface area contributed by atoms with Crippen molar-refractivity contribution in [3.8, 4) is 11.5 Å². The number of hydrogen-bond acceptors (Lipinski definition) is 5. The predicted molar refractivity (Wildman–Crippen MR) is 68.2 cm³/mol. The van der Waals surface area contributed by atoms with Crippen molar-refractivity contribution in [2.75, 3.05) is 0 Å². The van der Waals surface area contributed by atoms with Crippen molar-refractivity contribution in [1.29, 1.82) is 0 Å². The number of phenols is 2. The highest BCUT2D eigenvalue weighted by atomic mass is 16.3. The first-order valence-electron chi connectivity index (χ1n) is 5.92. The second-order valence-corrected chi connectivity index (χ2v) is 4.62. The highest BCUT2D eigenvalue weighted by molar-refractivity contribution is 5.96.